The van der Waals surface area contributed by atoms with E-state index in [1.54, 1.807) is 66.8 Å². The van der Waals surface area contributed by atoms with Crippen molar-refractivity contribution in [2.45, 2.75) is 0 Å². The molecule has 4 aromatic carbocycles. The molecule has 0 saturated heterocycles. The molecule has 43 heavy (non-hydrogen) atoms. The molecule has 1 aliphatic heterocycles. The largest absolute Gasteiger partial charge is 0.457 e. The summed E-state index contributed by atoms with van der Waals surface area (Å²) in [5.74, 6) is 0.580. The third-order valence-electron chi connectivity index (χ3n) is 6.76. The van der Waals surface area contributed by atoms with Crippen LogP contribution in [0.5, 0.6) is 0 Å². The van der Waals surface area contributed by atoms with E-state index in [-0.39, 0.29) is 23.3 Å². The first-order valence-electron chi connectivity index (χ1n) is 13.4. The molecule has 0 bridgehead atoms. The molecule has 0 spiro atoms. The van der Waals surface area contributed by atoms with E-state index in [0.29, 0.717) is 34.2 Å². The summed E-state index contributed by atoms with van der Waals surface area (Å²) < 4.78 is 66.6. The standard InChI is InChI=1S/C37H23F4O2/c38-30-12-4-24(5-13-30)28-20-34(42-36(22-28)26-8-16-32(40)17-9-26)2-1-3-35-21-29(25-6-14-31(39)15-7-25)23-37(43-35)27-10-18-33(41)19-11-27/h1-23H/q+1. The predicted octanol–water partition coefficient (Wildman–Crippen LogP) is 10.5. The van der Waals surface area contributed by atoms with E-state index in [0.717, 1.165) is 22.3 Å². The molecule has 1 aliphatic rings. The Morgan fingerprint density at radius 1 is 0.512 bits per heavy atom. The quantitative estimate of drug-likeness (QED) is 0.148. The van der Waals surface area contributed by atoms with Crippen molar-refractivity contribution in [2.24, 2.45) is 0 Å². The van der Waals surface area contributed by atoms with Crippen molar-refractivity contribution in [1.29, 1.82) is 0 Å². The fourth-order valence-corrected chi connectivity index (χ4v) is 4.58. The van der Waals surface area contributed by atoms with Gasteiger partial charge in [-0.25, -0.2) is 22.0 Å². The number of hydrogen-bond donors (Lipinski definition) is 0. The molecular formula is C37H23F4O2+. The molecule has 2 heterocycles. The van der Waals surface area contributed by atoms with Crippen LogP contribution in [0.1, 0.15) is 16.9 Å². The summed E-state index contributed by atoms with van der Waals surface area (Å²) in [6.45, 7) is 0. The Bertz CT molecular complexity index is 1820. The monoisotopic (exact) mass is 575 g/mol. The van der Waals surface area contributed by atoms with Crippen LogP contribution in [0.15, 0.2) is 144 Å². The van der Waals surface area contributed by atoms with Gasteiger partial charge in [-0.15, -0.1) is 0 Å². The zero-order chi connectivity index (χ0) is 29.8. The summed E-state index contributed by atoms with van der Waals surface area (Å²) >= 11 is 0. The van der Waals surface area contributed by atoms with E-state index >= 15 is 0 Å². The molecule has 6 rings (SSSR count). The third-order valence-corrected chi connectivity index (χ3v) is 6.76. The molecule has 0 unspecified atom stereocenters. The molecule has 0 amide bonds. The van der Waals surface area contributed by atoms with Gasteiger partial charge in [0.2, 0.25) is 0 Å². The minimum Gasteiger partial charge on any atom is -0.457 e. The van der Waals surface area contributed by atoms with Crippen LogP contribution in [-0.2, 0) is 4.74 Å². The Kier molecular flexibility index (Phi) is 7.83. The maximum absolute atomic E-state index is 13.6. The van der Waals surface area contributed by atoms with Crippen LogP contribution in [0, 0.1) is 23.3 Å². The first-order valence-corrected chi connectivity index (χ1v) is 13.4. The van der Waals surface area contributed by atoms with Crippen LogP contribution in [0.2, 0.25) is 0 Å². The van der Waals surface area contributed by atoms with Crippen molar-refractivity contribution < 1.29 is 26.7 Å². The van der Waals surface area contributed by atoms with Gasteiger partial charge in [0.15, 0.2) is 0 Å². The minimum atomic E-state index is -0.361. The number of halogens is 4. The number of hydrogen-bond acceptors (Lipinski definition) is 1. The SMILES string of the molecule is Fc1ccc(C2=C/C(=C\C=C\c3cc(-c4ccc(F)cc4)cc(-c4ccc(F)cc4)[o+]3)OC(c3ccc(F)cc3)=C2)cc1. The van der Waals surface area contributed by atoms with Crippen molar-refractivity contribution in [3.05, 3.63) is 179 Å². The highest BCUT2D eigenvalue weighted by molar-refractivity contribution is 5.85. The van der Waals surface area contributed by atoms with Gasteiger partial charge in [0.05, 0.1) is 17.7 Å². The van der Waals surface area contributed by atoms with Crippen LogP contribution in [0.25, 0.3) is 39.9 Å². The van der Waals surface area contributed by atoms with Crippen molar-refractivity contribution in [3.63, 3.8) is 0 Å². The Balaban J connectivity index is 1.36. The number of allylic oxidation sites excluding steroid dienone is 5. The van der Waals surface area contributed by atoms with Crippen molar-refractivity contribution in [3.8, 4) is 22.5 Å². The number of benzene rings is 4. The van der Waals surface area contributed by atoms with E-state index < -0.39 is 0 Å². The van der Waals surface area contributed by atoms with Crippen LogP contribution in [0.3, 0.4) is 0 Å². The number of ether oxygens (including phenoxy) is 1. The predicted molar refractivity (Wildman–Crippen MR) is 161 cm³/mol. The van der Waals surface area contributed by atoms with Crippen LogP contribution >= 0.6 is 0 Å². The van der Waals surface area contributed by atoms with E-state index in [1.165, 1.54) is 48.5 Å². The second kappa shape index (κ2) is 12.2. The molecule has 5 aromatic rings. The highest BCUT2D eigenvalue weighted by atomic mass is 19.1. The van der Waals surface area contributed by atoms with Crippen molar-refractivity contribution in [2.75, 3.05) is 0 Å². The molecule has 6 heteroatoms. The molecule has 0 fully saturated rings. The molecule has 0 atom stereocenters. The van der Waals surface area contributed by atoms with Crippen LogP contribution in [-0.4, -0.2) is 0 Å². The highest BCUT2D eigenvalue weighted by Crippen LogP contribution is 2.33. The van der Waals surface area contributed by atoms with Gasteiger partial charge < -0.3 is 4.74 Å². The summed E-state index contributed by atoms with van der Waals surface area (Å²) in [5, 5.41) is 0. The summed E-state index contributed by atoms with van der Waals surface area (Å²) in [6, 6.07) is 27.8. The Morgan fingerprint density at radius 3 is 1.60 bits per heavy atom. The lowest BCUT2D eigenvalue weighted by Crippen LogP contribution is -1.99. The lowest BCUT2D eigenvalue weighted by atomic mass is 10.0. The van der Waals surface area contributed by atoms with E-state index in [1.807, 2.05) is 24.3 Å². The van der Waals surface area contributed by atoms with E-state index in [9.17, 15) is 17.6 Å². The molecule has 1 aromatic heterocycles. The van der Waals surface area contributed by atoms with Crippen LogP contribution in [0.4, 0.5) is 17.6 Å². The van der Waals surface area contributed by atoms with Gasteiger partial charge in [-0.3, -0.25) is 0 Å². The average molecular weight is 576 g/mol. The summed E-state index contributed by atoms with van der Waals surface area (Å²) in [7, 11) is 0. The first-order chi connectivity index (χ1) is 20.9. The molecule has 0 radical (unpaired) electrons. The Morgan fingerprint density at radius 2 is 1.02 bits per heavy atom. The number of rotatable bonds is 6. The lowest BCUT2D eigenvalue weighted by molar-refractivity contribution is 0.398. The minimum absolute atomic E-state index is 0.343. The zero-order valence-corrected chi connectivity index (χ0v) is 22.6. The summed E-state index contributed by atoms with van der Waals surface area (Å²) in [4.78, 5) is 0. The van der Waals surface area contributed by atoms with Crippen molar-refractivity contribution in [1.82, 2.24) is 0 Å². The fraction of sp³-hybridized carbons (Fsp3) is 0. The van der Waals surface area contributed by atoms with Gasteiger partial charge >= 0.3 is 11.5 Å². The molecular weight excluding hydrogens is 552 g/mol. The molecule has 0 N–H and O–H groups in total. The van der Waals surface area contributed by atoms with Crippen LogP contribution < -0.4 is 0 Å². The van der Waals surface area contributed by atoms with Gasteiger partial charge in [-0.1, -0.05) is 24.3 Å². The van der Waals surface area contributed by atoms with Gasteiger partial charge in [-0.05, 0) is 114 Å². The van der Waals surface area contributed by atoms with E-state index in [2.05, 4.69) is 0 Å². The Hall–Kier alpha value is -5.49. The third kappa shape index (κ3) is 6.71. The van der Waals surface area contributed by atoms with Crippen molar-refractivity contribution >= 4 is 17.4 Å². The van der Waals surface area contributed by atoms with Gasteiger partial charge in [0.25, 0.3) is 0 Å². The van der Waals surface area contributed by atoms with Gasteiger partial charge in [0, 0.05) is 17.2 Å². The maximum atomic E-state index is 13.6. The topological polar surface area (TPSA) is 20.5 Å². The average Bonchev–Trinajstić information content (AvgIpc) is 3.02. The second-order valence-corrected chi connectivity index (χ2v) is 9.78. The molecule has 0 aliphatic carbocycles. The Labute approximate surface area is 245 Å². The van der Waals surface area contributed by atoms with Gasteiger partial charge in [0.1, 0.15) is 34.8 Å². The van der Waals surface area contributed by atoms with E-state index in [4.69, 9.17) is 9.15 Å². The first kappa shape index (κ1) is 27.7. The zero-order valence-electron chi connectivity index (χ0n) is 22.6. The lowest BCUT2D eigenvalue weighted by Gasteiger charge is -2.18. The molecule has 210 valence electrons. The highest BCUT2D eigenvalue weighted by Gasteiger charge is 2.18. The summed E-state index contributed by atoms with van der Waals surface area (Å²) in [6.07, 6.45) is 8.89. The smallest absolute Gasteiger partial charge is 0.361 e. The fourth-order valence-electron chi connectivity index (χ4n) is 4.58. The van der Waals surface area contributed by atoms with Gasteiger partial charge in [-0.2, -0.15) is 0 Å². The second-order valence-electron chi connectivity index (χ2n) is 9.78. The maximum Gasteiger partial charge on any atom is 0.361 e. The molecule has 0 saturated carbocycles. The normalized spacial score (nSPS) is 14.0. The molecule has 2 nitrogen and oxygen atoms in total. The summed E-state index contributed by atoms with van der Waals surface area (Å²) in [5.41, 5.74) is 4.48.